The zero-order valence-electron chi connectivity index (χ0n) is 10.6. The lowest BCUT2D eigenvalue weighted by molar-refractivity contribution is 0.0256. The lowest BCUT2D eigenvalue weighted by atomic mass is 10.3. The second-order valence-corrected chi connectivity index (χ2v) is 4.84. The highest BCUT2D eigenvalue weighted by Crippen LogP contribution is 2.35. The van der Waals surface area contributed by atoms with Crippen LogP contribution in [0.15, 0.2) is 0 Å². The predicted molar refractivity (Wildman–Crippen MR) is 68.7 cm³/mol. The van der Waals surface area contributed by atoms with Crippen LogP contribution in [-0.4, -0.2) is 58.6 Å². The van der Waals surface area contributed by atoms with Gasteiger partial charge in [-0.15, -0.1) is 11.6 Å². The van der Waals surface area contributed by atoms with Crippen LogP contribution < -0.4 is 5.32 Å². The third-order valence-electron chi connectivity index (χ3n) is 2.70. The molecule has 0 radical (unpaired) electrons. The summed E-state index contributed by atoms with van der Waals surface area (Å²) in [6, 6.07) is 0. The van der Waals surface area contributed by atoms with Crippen molar-refractivity contribution in [2.75, 3.05) is 53.2 Å². The van der Waals surface area contributed by atoms with E-state index in [1.54, 1.807) is 7.11 Å². The van der Waals surface area contributed by atoms with Gasteiger partial charge in [0.2, 0.25) is 0 Å². The minimum atomic E-state index is 0.298. The van der Waals surface area contributed by atoms with Gasteiger partial charge in [0.15, 0.2) is 0 Å². The van der Waals surface area contributed by atoms with E-state index in [1.165, 1.54) is 12.8 Å². The standard InChI is InChI=1S/C12H24ClNO3/c1-15-6-7-17-9-8-16-5-4-14-10-12(13)11-2-3-11/h11-12,14H,2-10H2,1H3. The summed E-state index contributed by atoms with van der Waals surface area (Å²) in [5.41, 5.74) is 0. The molecule has 0 aromatic carbocycles. The molecular weight excluding hydrogens is 242 g/mol. The maximum atomic E-state index is 6.15. The van der Waals surface area contributed by atoms with E-state index < -0.39 is 0 Å². The number of ether oxygens (including phenoxy) is 3. The van der Waals surface area contributed by atoms with Crippen molar-refractivity contribution in [3.8, 4) is 0 Å². The first-order valence-electron chi connectivity index (χ1n) is 6.34. The summed E-state index contributed by atoms with van der Waals surface area (Å²) >= 11 is 6.15. The molecule has 0 bridgehead atoms. The Morgan fingerprint density at radius 3 is 2.41 bits per heavy atom. The Morgan fingerprint density at radius 1 is 1.12 bits per heavy atom. The number of hydrogen-bond donors (Lipinski definition) is 1. The van der Waals surface area contributed by atoms with Crippen LogP contribution in [0.1, 0.15) is 12.8 Å². The molecule has 102 valence electrons. The third-order valence-corrected chi connectivity index (χ3v) is 3.21. The van der Waals surface area contributed by atoms with Crippen molar-refractivity contribution in [3.63, 3.8) is 0 Å². The van der Waals surface area contributed by atoms with Gasteiger partial charge in [0.05, 0.1) is 33.0 Å². The molecule has 0 amide bonds. The predicted octanol–water partition coefficient (Wildman–Crippen LogP) is 1.27. The van der Waals surface area contributed by atoms with Crippen molar-refractivity contribution in [3.05, 3.63) is 0 Å². The van der Waals surface area contributed by atoms with Gasteiger partial charge in [0.1, 0.15) is 0 Å². The van der Waals surface area contributed by atoms with E-state index in [-0.39, 0.29) is 0 Å². The zero-order chi connectivity index (χ0) is 12.3. The quantitative estimate of drug-likeness (QED) is 0.426. The number of nitrogens with one attached hydrogen (secondary N) is 1. The number of alkyl halides is 1. The molecule has 0 spiro atoms. The van der Waals surface area contributed by atoms with Crippen molar-refractivity contribution in [1.29, 1.82) is 0 Å². The van der Waals surface area contributed by atoms with Crippen LogP contribution in [0.3, 0.4) is 0 Å². The molecule has 1 rings (SSSR count). The fourth-order valence-electron chi connectivity index (χ4n) is 1.47. The number of hydrogen-bond acceptors (Lipinski definition) is 4. The van der Waals surface area contributed by atoms with Crippen LogP contribution in [0.4, 0.5) is 0 Å². The van der Waals surface area contributed by atoms with E-state index in [2.05, 4.69) is 5.32 Å². The van der Waals surface area contributed by atoms with Gasteiger partial charge < -0.3 is 19.5 Å². The van der Waals surface area contributed by atoms with Crippen molar-refractivity contribution in [2.24, 2.45) is 5.92 Å². The van der Waals surface area contributed by atoms with Crippen molar-refractivity contribution < 1.29 is 14.2 Å². The molecule has 1 atom stereocenters. The third kappa shape index (κ3) is 8.80. The molecule has 0 aliphatic heterocycles. The number of halogens is 1. The van der Waals surface area contributed by atoms with E-state index in [4.69, 9.17) is 25.8 Å². The molecule has 1 N–H and O–H groups in total. The lowest BCUT2D eigenvalue weighted by Gasteiger charge is -2.10. The summed E-state index contributed by atoms with van der Waals surface area (Å²) in [4.78, 5) is 0. The SMILES string of the molecule is COCCOCCOCCNCC(Cl)C1CC1. The van der Waals surface area contributed by atoms with Crippen LogP contribution in [-0.2, 0) is 14.2 Å². The first kappa shape index (κ1) is 15.2. The molecule has 5 heteroatoms. The van der Waals surface area contributed by atoms with E-state index in [0.717, 1.165) is 19.0 Å². The Kier molecular flexibility index (Phi) is 9.01. The second-order valence-electron chi connectivity index (χ2n) is 4.28. The van der Waals surface area contributed by atoms with Gasteiger partial charge in [0, 0.05) is 25.6 Å². The number of rotatable bonds is 12. The average molecular weight is 266 g/mol. The molecule has 0 heterocycles. The maximum absolute atomic E-state index is 6.15. The Balaban J connectivity index is 1.69. The first-order valence-corrected chi connectivity index (χ1v) is 6.77. The molecule has 1 aliphatic carbocycles. The van der Waals surface area contributed by atoms with Gasteiger partial charge in [-0.25, -0.2) is 0 Å². The lowest BCUT2D eigenvalue weighted by Crippen LogP contribution is -2.28. The minimum Gasteiger partial charge on any atom is -0.382 e. The number of methoxy groups -OCH3 is 1. The maximum Gasteiger partial charge on any atom is 0.0701 e. The highest BCUT2D eigenvalue weighted by molar-refractivity contribution is 6.21. The molecule has 17 heavy (non-hydrogen) atoms. The normalized spacial score (nSPS) is 17.3. The summed E-state index contributed by atoms with van der Waals surface area (Å²) in [5, 5.41) is 3.60. The van der Waals surface area contributed by atoms with E-state index in [9.17, 15) is 0 Å². The first-order chi connectivity index (χ1) is 8.34. The molecule has 0 aromatic rings. The molecule has 0 saturated heterocycles. The molecular formula is C12H24ClNO3. The van der Waals surface area contributed by atoms with Crippen molar-refractivity contribution >= 4 is 11.6 Å². The average Bonchev–Trinajstić information content (AvgIpc) is 3.15. The molecule has 1 fully saturated rings. The van der Waals surface area contributed by atoms with Crippen LogP contribution >= 0.6 is 11.6 Å². The van der Waals surface area contributed by atoms with Gasteiger partial charge in [-0.05, 0) is 18.8 Å². The molecule has 1 saturated carbocycles. The Labute approximate surface area is 109 Å². The van der Waals surface area contributed by atoms with E-state index in [1.807, 2.05) is 0 Å². The molecule has 4 nitrogen and oxygen atoms in total. The fraction of sp³-hybridized carbons (Fsp3) is 1.00. The highest BCUT2D eigenvalue weighted by atomic mass is 35.5. The molecule has 0 aromatic heterocycles. The van der Waals surface area contributed by atoms with Crippen LogP contribution in [0, 0.1) is 5.92 Å². The van der Waals surface area contributed by atoms with Crippen LogP contribution in [0.25, 0.3) is 0 Å². The van der Waals surface area contributed by atoms with Gasteiger partial charge in [0.25, 0.3) is 0 Å². The van der Waals surface area contributed by atoms with Gasteiger partial charge in [-0.3, -0.25) is 0 Å². The van der Waals surface area contributed by atoms with Crippen molar-refractivity contribution in [2.45, 2.75) is 18.2 Å². The van der Waals surface area contributed by atoms with Gasteiger partial charge in [-0.1, -0.05) is 0 Å². The molecule has 1 unspecified atom stereocenters. The van der Waals surface area contributed by atoms with E-state index in [0.29, 0.717) is 38.4 Å². The Morgan fingerprint density at radius 2 is 1.76 bits per heavy atom. The zero-order valence-corrected chi connectivity index (χ0v) is 11.4. The largest absolute Gasteiger partial charge is 0.382 e. The van der Waals surface area contributed by atoms with Crippen LogP contribution in [0.5, 0.6) is 0 Å². The monoisotopic (exact) mass is 265 g/mol. The summed E-state index contributed by atoms with van der Waals surface area (Å²) in [7, 11) is 1.66. The van der Waals surface area contributed by atoms with E-state index >= 15 is 0 Å². The Hall–Kier alpha value is 0.130. The van der Waals surface area contributed by atoms with Crippen molar-refractivity contribution in [1.82, 2.24) is 5.32 Å². The minimum absolute atomic E-state index is 0.298. The Bertz CT molecular complexity index is 179. The summed E-state index contributed by atoms with van der Waals surface area (Å²) in [5.74, 6) is 0.749. The smallest absolute Gasteiger partial charge is 0.0701 e. The highest BCUT2D eigenvalue weighted by Gasteiger charge is 2.28. The molecule has 1 aliphatic rings. The summed E-state index contributed by atoms with van der Waals surface area (Å²) in [6.45, 7) is 4.99. The second kappa shape index (κ2) is 10.1. The summed E-state index contributed by atoms with van der Waals surface area (Å²) < 4.78 is 15.5. The van der Waals surface area contributed by atoms with Gasteiger partial charge in [-0.2, -0.15) is 0 Å². The fourth-order valence-corrected chi connectivity index (χ4v) is 1.83. The summed E-state index contributed by atoms with van der Waals surface area (Å²) in [6.07, 6.45) is 2.59. The van der Waals surface area contributed by atoms with Crippen LogP contribution in [0.2, 0.25) is 0 Å². The topological polar surface area (TPSA) is 39.7 Å². The van der Waals surface area contributed by atoms with Gasteiger partial charge >= 0.3 is 0 Å².